The summed E-state index contributed by atoms with van der Waals surface area (Å²) in [6, 6.07) is 13.2. The Balaban J connectivity index is 1.98. The van der Waals surface area contributed by atoms with Crippen LogP contribution in [0.3, 0.4) is 0 Å². The number of hydrogen-bond donors (Lipinski definition) is 1. The zero-order valence-corrected chi connectivity index (χ0v) is 14.0. The molecular weight excluding hydrogens is 296 g/mol. The highest BCUT2D eigenvalue weighted by Crippen LogP contribution is 2.30. The Hall–Kier alpha value is -2.54. The standard InChI is InChI=1S/C20H22N4/c1-2-7-14-12-19(22-15-8-3-4-9-15)24-18-11-6-5-10-17(18)23-20(24)16(14)13-21/h5-6,10-12,15,22H,2-4,7-9H2,1H3. The summed E-state index contributed by atoms with van der Waals surface area (Å²) in [5.41, 5.74) is 4.60. The summed E-state index contributed by atoms with van der Waals surface area (Å²) in [5, 5.41) is 13.4. The van der Waals surface area contributed by atoms with Crippen LogP contribution >= 0.6 is 0 Å². The molecule has 4 rings (SSSR count). The Morgan fingerprint density at radius 2 is 2.08 bits per heavy atom. The van der Waals surface area contributed by atoms with E-state index in [9.17, 15) is 5.26 Å². The van der Waals surface area contributed by atoms with Crippen LogP contribution in [-0.4, -0.2) is 15.4 Å². The average molecular weight is 318 g/mol. The van der Waals surface area contributed by atoms with Crippen molar-refractivity contribution in [2.75, 3.05) is 5.32 Å². The van der Waals surface area contributed by atoms with E-state index in [1.54, 1.807) is 0 Å². The minimum absolute atomic E-state index is 0.525. The molecule has 24 heavy (non-hydrogen) atoms. The molecule has 1 saturated carbocycles. The number of fused-ring (bicyclic) bond motifs is 3. The second-order valence-electron chi connectivity index (χ2n) is 6.68. The Kier molecular flexibility index (Phi) is 3.86. The number of benzene rings is 1. The molecule has 2 heterocycles. The SMILES string of the molecule is CCCc1cc(NC2CCCC2)n2c(nc3ccccc32)c1C#N. The molecule has 3 aromatic rings. The van der Waals surface area contributed by atoms with Gasteiger partial charge in [0.25, 0.3) is 0 Å². The van der Waals surface area contributed by atoms with Crippen LogP contribution in [0.4, 0.5) is 5.82 Å². The van der Waals surface area contributed by atoms with Gasteiger partial charge in [0.15, 0.2) is 5.65 Å². The summed E-state index contributed by atoms with van der Waals surface area (Å²) in [7, 11) is 0. The van der Waals surface area contributed by atoms with E-state index in [1.165, 1.54) is 25.7 Å². The first kappa shape index (κ1) is 15.0. The molecule has 0 radical (unpaired) electrons. The maximum Gasteiger partial charge on any atom is 0.157 e. The second kappa shape index (κ2) is 6.16. The molecule has 4 nitrogen and oxygen atoms in total. The van der Waals surface area contributed by atoms with Gasteiger partial charge in [0.1, 0.15) is 11.9 Å². The van der Waals surface area contributed by atoms with Gasteiger partial charge in [0, 0.05) is 6.04 Å². The second-order valence-corrected chi connectivity index (χ2v) is 6.68. The summed E-state index contributed by atoms with van der Waals surface area (Å²) < 4.78 is 2.13. The molecule has 0 amide bonds. The summed E-state index contributed by atoms with van der Waals surface area (Å²) in [6.45, 7) is 2.15. The number of nitrogens with one attached hydrogen (secondary N) is 1. The highest BCUT2D eigenvalue weighted by atomic mass is 15.1. The molecule has 1 N–H and O–H groups in total. The number of para-hydroxylation sites is 2. The summed E-state index contributed by atoms with van der Waals surface area (Å²) in [5.74, 6) is 1.08. The van der Waals surface area contributed by atoms with Crippen LogP contribution in [0.1, 0.15) is 50.2 Å². The Bertz CT molecular complexity index is 926. The largest absolute Gasteiger partial charge is 0.368 e. The van der Waals surface area contributed by atoms with Crippen molar-refractivity contribution in [3.8, 4) is 6.07 Å². The third-order valence-electron chi connectivity index (χ3n) is 5.00. The van der Waals surface area contributed by atoms with Crippen molar-refractivity contribution in [1.82, 2.24) is 9.38 Å². The lowest BCUT2D eigenvalue weighted by molar-refractivity contribution is 0.748. The van der Waals surface area contributed by atoms with E-state index in [2.05, 4.69) is 34.8 Å². The van der Waals surface area contributed by atoms with Crippen molar-refractivity contribution in [2.24, 2.45) is 0 Å². The van der Waals surface area contributed by atoms with Gasteiger partial charge in [-0.25, -0.2) is 4.98 Å². The molecule has 0 spiro atoms. The van der Waals surface area contributed by atoms with Crippen LogP contribution < -0.4 is 5.32 Å². The maximum absolute atomic E-state index is 9.72. The van der Waals surface area contributed by atoms with Gasteiger partial charge in [-0.05, 0) is 43.0 Å². The zero-order valence-electron chi connectivity index (χ0n) is 14.0. The molecule has 1 aliphatic carbocycles. The minimum Gasteiger partial charge on any atom is -0.368 e. The number of aryl methyl sites for hydroxylation is 1. The first-order chi connectivity index (χ1) is 11.8. The van der Waals surface area contributed by atoms with E-state index in [4.69, 9.17) is 4.98 Å². The summed E-state index contributed by atoms with van der Waals surface area (Å²) >= 11 is 0. The highest BCUT2D eigenvalue weighted by Gasteiger charge is 2.20. The van der Waals surface area contributed by atoms with Crippen LogP contribution in [0.2, 0.25) is 0 Å². The number of aromatic nitrogens is 2. The van der Waals surface area contributed by atoms with Gasteiger partial charge in [0.2, 0.25) is 0 Å². The summed E-state index contributed by atoms with van der Waals surface area (Å²) in [4.78, 5) is 4.76. The number of anilines is 1. The van der Waals surface area contributed by atoms with Crippen LogP contribution in [0.5, 0.6) is 0 Å². The van der Waals surface area contributed by atoms with Crippen molar-refractivity contribution in [2.45, 2.75) is 51.5 Å². The van der Waals surface area contributed by atoms with Gasteiger partial charge < -0.3 is 5.32 Å². The van der Waals surface area contributed by atoms with E-state index in [0.717, 1.165) is 40.9 Å². The first-order valence-corrected chi connectivity index (χ1v) is 8.91. The molecule has 0 saturated heterocycles. The smallest absolute Gasteiger partial charge is 0.157 e. The van der Waals surface area contributed by atoms with Crippen LogP contribution in [0.15, 0.2) is 30.3 Å². The predicted octanol–water partition coefficient (Wildman–Crippen LogP) is 4.67. The van der Waals surface area contributed by atoms with E-state index < -0.39 is 0 Å². The van der Waals surface area contributed by atoms with Crippen molar-refractivity contribution >= 4 is 22.5 Å². The number of hydrogen-bond acceptors (Lipinski definition) is 3. The lowest BCUT2D eigenvalue weighted by Gasteiger charge is -2.18. The molecule has 0 bridgehead atoms. The maximum atomic E-state index is 9.72. The van der Waals surface area contributed by atoms with Crippen LogP contribution in [-0.2, 0) is 6.42 Å². The third-order valence-corrected chi connectivity index (χ3v) is 5.00. The monoisotopic (exact) mass is 318 g/mol. The van der Waals surface area contributed by atoms with Crippen molar-refractivity contribution in [1.29, 1.82) is 5.26 Å². The molecule has 1 fully saturated rings. The molecule has 2 aromatic heterocycles. The fraction of sp³-hybridized carbons (Fsp3) is 0.400. The Morgan fingerprint density at radius 3 is 2.83 bits per heavy atom. The summed E-state index contributed by atoms with van der Waals surface area (Å²) in [6.07, 6.45) is 6.96. The Morgan fingerprint density at radius 1 is 1.29 bits per heavy atom. The van der Waals surface area contributed by atoms with Gasteiger partial charge in [-0.1, -0.05) is 38.3 Å². The van der Waals surface area contributed by atoms with Gasteiger partial charge >= 0.3 is 0 Å². The number of rotatable bonds is 4. The van der Waals surface area contributed by atoms with Crippen molar-refractivity contribution in [3.05, 3.63) is 41.5 Å². The quantitative estimate of drug-likeness (QED) is 0.761. The molecule has 0 atom stereocenters. The number of pyridine rings is 1. The van der Waals surface area contributed by atoms with E-state index in [0.29, 0.717) is 11.6 Å². The van der Waals surface area contributed by atoms with Crippen LogP contribution in [0, 0.1) is 11.3 Å². The lowest BCUT2D eigenvalue weighted by Crippen LogP contribution is -2.17. The van der Waals surface area contributed by atoms with Gasteiger partial charge in [-0.2, -0.15) is 5.26 Å². The normalized spacial score (nSPS) is 15.2. The molecular formula is C20H22N4. The number of nitrogens with zero attached hydrogens (tertiary/aromatic N) is 3. The van der Waals surface area contributed by atoms with Crippen molar-refractivity contribution in [3.63, 3.8) is 0 Å². The fourth-order valence-electron chi connectivity index (χ4n) is 3.86. The van der Waals surface area contributed by atoms with Gasteiger partial charge in [-0.3, -0.25) is 4.40 Å². The predicted molar refractivity (Wildman–Crippen MR) is 97.3 cm³/mol. The van der Waals surface area contributed by atoms with Gasteiger partial charge in [-0.15, -0.1) is 0 Å². The first-order valence-electron chi connectivity index (χ1n) is 8.91. The molecule has 122 valence electrons. The van der Waals surface area contributed by atoms with Gasteiger partial charge in [0.05, 0.1) is 16.6 Å². The van der Waals surface area contributed by atoms with Crippen LogP contribution in [0.25, 0.3) is 16.7 Å². The van der Waals surface area contributed by atoms with E-state index in [1.807, 2.05) is 18.2 Å². The molecule has 1 aromatic carbocycles. The Labute approximate surface area is 142 Å². The lowest BCUT2D eigenvalue weighted by atomic mass is 10.1. The van der Waals surface area contributed by atoms with E-state index >= 15 is 0 Å². The average Bonchev–Trinajstić information content (AvgIpc) is 3.22. The number of nitriles is 1. The third kappa shape index (κ3) is 2.41. The fourth-order valence-corrected chi connectivity index (χ4v) is 3.86. The molecule has 1 aliphatic rings. The zero-order chi connectivity index (χ0) is 16.5. The molecule has 4 heteroatoms. The molecule has 0 unspecified atom stereocenters. The van der Waals surface area contributed by atoms with Crippen molar-refractivity contribution < 1.29 is 0 Å². The molecule has 0 aliphatic heterocycles. The number of imidazole rings is 1. The van der Waals surface area contributed by atoms with E-state index in [-0.39, 0.29) is 0 Å². The highest BCUT2D eigenvalue weighted by molar-refractivity contribution is 5.85. The minimum atomic E-state index is 0.525. The topological polar surface area (TPSA) is 53.1 Å².